The van der Waals surface area contributed by atoms with Crippen LogP contribution >= 0.6 is 0 Å². The first-order valence-corrected chi connectivity index (χ1v) is 5.03. The molecule has 0 radical (unpaired) electrons. The molecule has 1 unspecified atom stereocenters. The predicted molar refractivity (Wildman–Crippen MR) is 50.1 cm³/mol. The van der Waals surface area contributed by atoms with Gasteiger partial charge in [0, 0.05) is 25.4 Å². The van der Waals surface area contributed by atoms with Gasteiger partial charge in [0.25, 0.3) is 0 Å². The SMILES string of the molecule is CCC(CC)C1CNCCC1=O. The maximum Gasteiger partial charge on any atom is 0.138 e. The average molecular weight is 169 g/mol. The van der Waals surface area contributed by atoms with Crippen LogP contribution in [0, 0.1) is 11.8 Å². The minimum atomic E-state index is 0.300. The third-order valence-corrected chi connectivity index (χ3v) is 2.94. The Morgan fingerprint density at radius 1 is 1.50 bits per heavy atom. The van der Waals surface area contributed by atoms with Crippen molar-refractivity contribution < 1.29 is 4.79 Å². The molecular formula is C10H19NO. The summed E-state index contributed by atoms with van der Waals surface area (Å²) in [6, 6.07) is 0. The minimum Gasteiger partial charge on any atom is -0.316 e. The molecule has 12 heavy (non-hydrogen) atoms. The van der Waals surface area contributed by atoms with E-state index in [0.717, 1.165) is 32.4 Å². The number of rotatable bonds is 3. The monoisotopic (exact) mass is 169 g/mol. The first-order valence-electron chi connectivity index (χ1n) is 5.03. The van der Waals surface area contributed by atoms with E-state index in [1.54, 1.807) is 0 Å². The van der Waals surface area contributed by atoms with Gasteiger partial charge in [0.2, 0.25) is 0 Å². The van der Waals surface area contributed by atoms with Crippen LogP contribution in [0.15, 0.2) is 0 Å². The van der Waals surface area contributed by atoms with E-state index in [2.05, 4.69) is 19.2 Å². The van der Waals surface area contributed by atoms with Crippen LogP contribution in [0.25, 0.3) is 0 Å². The molecule has 0 bridgehead atoms. The topological polar surface area (TPSA) is 29.1 Å². The number of hydrogen-bond donors (Lipinski definition) is 1. The molecule has 2 nitrogen and oxygen atoms in total. The van der Waals surface area contributed by atoms with Gasteiger partial charge in [-0.05, 0) is 5.92 Å². The summed E-state index contributed by atoms with van der Waals surface area (Å²) in [5.41, 5.74) is 0. The second kappa shape index (κ2) is 4.61. The normalized spacial score (nSPS) is 24.9. The highest BCUT2D eigenvalue weighted by atomic mass is 16.1. The van der Waals surface area contributed by atoms with E-state index in [4.69, 9.17) is 0 Å². The van der Waals surface area contributed by atoms with Crippen LogP contribution in [0.2, 0.25) is 0 Å². The number of piperidine rings is 1. The van der Waals surface area contributed by atoms with Gasteiger partial charge in [0.15, 0.2) is 0 Å². The Kier molecular flexibility index (Phi) is 3.73. The summed E-state index contributed by atoms with van der Waals surface area (Å²) in [6.45, 7) is 6.15. The van der Waals surface area contributed by atoms with E-state index in [-0.39, 0.29) is 0 Å². The zero-order chi connectivity index (χ0) is 8.97. The van der Waals surface area contributed by atoms with Crippen LogP contribution in [-0.4, -0.2) is 18.9 Å². The van der Waals surface area contributed by atoms with Gasteiger partial charge >= 0.3 is 0 Å². The molecule has 2 heteroatoms. The number of ketones is 1. The van der Waals surface area contributed by atoms with Crippen molar-refractivity contribution >= 4 is 5.78 Å². The summed E-state index contributed by atoms with van der Waals surface area (Å²) in [7, 11) is 0. The van der Waals surface area contributed by atoms with Gasteiger partial charge in [-0.25, -0.2) is 0 Å². The summed E-state index contributed by atoms with van der Waals surface area (Å²) in [6.07, 6.45) is 3.00. The second-order valence-electron chi connectivity index (χ2n) is 3.60. The third kappa shape index (κ3) is 2.07. The van der Waals surface area contributed by atoms with E-state index in [1.807, 2.05) is 0 Å². The third-order valence-electron chi connectivity index (χ3n) is 2.94. The molecule has 0 aromatic carbocycles. The van der Waals surface area contributed by atoms with Crippen LogP contribution in [0.4, 0.5) is 0 Å². The second-order valence-corrected chi connectivity index (χ2v) is 3.60. The molecule has 0 spiro atoms. The molecule has 0 aromatic heterocycles. The lowest BCUT2D eigenvalue weighted by Crippen LogP contribution is -2.40. The number of Topliss-reactive ketones (excluding diaryl/α,β-unsaturated/α-hetero) is 1. The molecule has 1 fully saturated rings. The first-order chi connectivity index (χ1) is 5.79. The van der Waals surface area contributed by atoms with Crippen molar-refractivity contribution in [1.29, 1.82) is 0 Å². The lowest BCUT2D eigenvalue weighted by molar-refractivity contribution is -0.125. The smallest absolute Gasteiger partial charge is 0.138 e. The molecule has 0 aliphatic carbocycles. The summed E-state index contributed by atoms with van der Waals surface area (Å²) < 4.78 is 0. The Balaban J connectivity index is 2.51. The van der Waals surface area contributed by atoms with Gasteiger partial charge < -0.3 is 5.32 Å². The van der Waals surface area contributed by atoms with Gasteiger partial charge in [-0.1, -0.05) is 26.7 Å². The van der Waals surface area contributed by atoms with E-state index >= 15 is 0 Å². The zero-order valence-corrected chi connectivity index (χ0v) is 8.10. The molecular weight excluding hydrogens is 150 g/mol. The molecule has 1 N–H and O–H groups in total. The van der Waals surface area contributed by atoms with Crippen molar-refractivity contribution in [3.05, 3.63) is 0 Å². The van der Waals surface area contributed by atoms with Crippen LogP contribution in [0.3, 0.4) is 0 Å². The maximum atomic E-state index is 11.5. The molecule has 0 amide bonds. The zero-order valence-electron chi connectivity index (χ0n) is 8.10. The van der Waals surface area contributed by atoms with Crippen molar-refractivity contribution in [1.82, 2.24) is 5.32 Å². The van der Waals surface area contributed by atoms with Gasteiger partial charge in [-0.2, -0.15) is 0 Å². The lowest BCUT2D eigenvalue weighted by atomic mass is 9.82. The molecule has 0 saturated carbocycles. The molecule has 1 rings (SSSR count). The minimum absolute atomic E-state index is 0.300. The van der Waals surface area contributed by atoms with Crippen LogP contribution in [0.1, 0.15) is 33.1 Å². The largest absolute Gasteiger partial charge is 0.316 e. The standard InChI is InChI=1S/C10H19NO/c1-3-8(4-2)9-7-11-6-5-10(9)12/h8-9,11H,3-7H2,1-2H3. The summed E-state index contributed by atoms with van der Waals surface area (Å²) in [4.78, 5) is 11.5. The predicted octanol–water partition coefficient (Wildman–Crippen LogP) is 1.60. The van der Waals surface area contributed by atoms with Crippen molar-refractivity contribution in [3.63, 3.8) is 0 Å². The number of carbonyl (C=O) groups is 1. The molecule has 1 atom stereocenters. The van der Waals surface area contributed by atoms with Crippen molar-refractivity contribution in [2.75, 3.05) is 13.1 Å². The van der Waals surface area contributed by atoms with Crippen molar-refractivity contribution in [3.8, 4) is 0 Å². The van der Waals surface area contributed by atoms with Gasteiger partial charge in [-0.3, -0.25) is 4.79 Å². The fourth-order valence-electron chi connectivity index (χ4n) is 2.06. The van der Waals surface area contributed by atoms with E-state index in [9.17, 15) is 4.79 Å². The average Bonchev–Trinajstić information content (AvgIpc) is 2.10. The molecule has 70 valence electrons. The van der Waals surface area contributed by atoms with E-state index in [0.29, 0.717) is 17.6 Å². The number of nitrogens with one attached hydrogen (secondary N) is 1. The molecule has 0 aromatic rings. The fraction of sp³-hybridized carbons (Fsp3) is 0.900. The van der Waals surface area contributed by atoms with Gasteiger partial charge in [0.05, 0.1) is 0 Å². The summed E-state index contributed by atoms with van der Waals surface area (Å²) in [5, 5.41) is 3.29. The Morgan fingerprint density at radius 3 is 2.67 bits per heavy atom. The van der Waals surface area contributed by atoms with Crippen LogP contribution in [-0.2, 0) is 4.79 Å². The molecule has 1 saturated heterocycles. The van der Waals surface area contributed by atoms with Gasteiger partial charge in [-0.15, -0.1) is 0 Å². The highest BCUT2D eigenvalue weighted by molar-refractivity contribution is 5.82. The Morgan fingerprint density at radius 2 is 2.17 bits per heavy atom. The summed E-state index contributed by atoms with van der Waals surface area (Å²) >= 11 is 0. The quantitative estimate of drug-likeness (QED) is 0.695. The summed E-state index contributed by atoms with van der Waals surface area (Å²) in [5.74, 6) is 1.38. The van der Waals surface area contributed by atoms with Crippen LogP contribution in [0.5, 0.6) is 0 Å². The highest BCUT2D eigenvalue weighted by Gasteiger charge is 2.27. The maximum absolute atomic E-state index is 11.5. The van der Waals surface area contributed by atoms with E-state index < -0.39 is 0 Å². The highest BCUT2D eigenvalue weighted by Crippen LogP contribution is 2.22. The number of hydrogen-bond acceptors (Lipinski definition) is 2. The van der Waals surface area contributed by atoms with Crippen molar-refractivity contribution in [2.24, 2.45) is 11.8 Å². The van der Waals surface area contributed by atoms with Crippen molar-refractivity contribution in [2.45, 2.75) is 33.1 Å². The molecule has 1 heterocycles. The van der Waals surface area contributed by atoms with E-state index in [1.165, 1.54) is 0 Å². The van der Waals surface area contributed by atoms with Crippen LogP contribution < -0.4 is 5.32 Å². The Hall–Kier alpha value is -0.370. The number of carbonyl (C=O) groups excluding carboxylic acids is 1. The molecule has 1 aliphatic heterocycles. The molecule has 1 aliphatic rings. The first kappa shape index (κ1) is 9.72. The lowest BCUT2D eigenvalue weighted by Gasteiger charge is -2.28. The fourth-order valence-corrected chi connectivity index (χ4v) is 2.06. The Bertz CT molecular complexity index is 152. The van der Waals surface area contributed by atoms with Gasteiger partial charge in [0.1, 0.15) is 5.78 Å². The Labute approximate surface area is 74.7 Å².